The molecule has 2 aromatic carbocycles. The summed E-state index contributed by atoms with van der Waals surface area (Å²) in [7, 11) is -1.51. The molecule has 2 bridgehead atoms. The molecule has 6 rings (SSSR count). The summed E-state index contributed by atoms with van der Waals surface area (Å²) in [6, 6.07) is 15.1. The van der Waals surface area contributed by atoms with Crippen LogP contribution in [0.25, 0.3) is 22.5 Å². The third-order valence-corrected chi connectivity index (χ3v) is 9.93. The minimum Gasteiger partial charge on any atom is -0.267 e. The van der Waals surface area contributed by atoms with Gasteiger partial charge in [0.05, 0.1) is 16.9 Å². The Labute approximate surface area is 200 Å². The van der Waals surface area contributed by atoms with Crippen LogP contribution in [0.15, 0.2) is 48.5 Å². The number of nitrogens with one attached hydrogen (secondary N) is 1. The molecular formula is C26H29FN4O2S. The molecule has 1 aliphatic heterocycles. The highest BCUT2D eigenvalue weighted by Crippen LogP contribution is 2.50. The van der Waals surface area contributed by atoms with E-state index >= 15 is 0 Å². The van der Waals surface area contributed by atoms with Crippen molar-refractivity contribution in [3.8, 4) is 22.5 Å². The standard InChI is InChI=1S/C26H29FN4O2S/c1-3-31-16-26(29-34(31,32)33)21-8-9-22(26)14-20-12-19(5-4-18(20)13-21)24-15-25(30(2)28-24)17-6-10-23(27)11-7-17/h4-7,10-12,15,21-22,29H,3,8-9,13-14,16H2,1-2H3. The highest BCUT2D eigenvalue weighted by Gasteiger charge is 2.58. The van der Waals surface area contributed by atoms with Gasteiger partial charge in [0.1, 0.15) is 5.82 Å². The summed E-state index contributed by atoms with van der Waals surface area (Å²) >= 11 is 0. The van der Waals surface area contributed by atoms with Crippen molar-refractivity contribution in [1.82, 2.24) is 18.8 Å². The van der Waals surface area contributed by atoms with E-state index in [2.05, 4.69) is 22.9 Å². The van der Waals surface area contributed by atoms with E-state index in [1.807, 2.05) is 24.7 Å². The number of aromatic nitrogens is 2. The van der Waals surface area contributed by atoms with Gasteiger partial charge in [-0.2, -0.15) is 22.5 Å². The van der Waals surface area contributed by atoms with Gasteiger partial charge in [0.15, 0.2) is 0 Å². The first-order valence-electron chi connectivity index (χ1n) is 12.0. The molecule has 1 spiro atoms. The van der Waals surface area contributed by atoms with Crippen LogP contribution in [0, 0.1) is 17.7 Å². The number of hydrogen-bond donors (Lipinski definition) is 1. The number of rotatable bonds is 3. The van der Waals surface area contributed by atoms with Crippen molar-refractivity contribution in [2.45, 2.75) is 38.1 Å². The van der Waals surface area contributed by atoms with Crippen molar-refractivity contribution in [3.05, 3.63) is 65.5 Å². The number of likely N-dealkylation sites (N-methyl/N-ethyl adjacent to an activating group) is 1. The van der Waals surface area contributed by atoms with E-state index in [1.54, 1.807) is 16.4 Å². The lowest BCUT2D eigenvalue weighted by molar-refractivity contribution is 0.215. The lowest BCUT2D eigenvalue weighted by Gasteiger charge is -2.33. The maximum Gasteiger partial charge on any atom is 0.280 e. The van der Waals surface area contributed by atoms with Crippen molar-refractivity contribution in [1.29, 1.82) is 0 Å². The van der Waals surface area contributed by atoms with Gasteiger partial charge in [-0.25, -0.2) is 4.39 Å². The SMILES string of the molecule is CCN1CC2(NS1(=O)=O)C1CCC2Cc2cc(-c3cc(-c4ccc(F)cc4)n(C)n3)ccc2C1. The minimum atomic E-state index is -3.41. The van der Waals surface area contributed by atoms with Crippen molar-refractivity contribution >= 4 is 10.2 Å². The van der Waals surface area contributed by atoms with Gasteiger partial charge in [-0.05, 0) is 90.6 Å². The average molecular weight is 481 g/mol. The Morgan fingerprint density at radius 2 is 1.71 bits per heavy atom. The van der Waals surface area contributed by atoms with Crippen molar-refractivity contribution in [3.63, 3.8) is 0 Å². The van der Waals surface area contributed by atoms with E-state index in [0.29, 0.717) is 24.9 Å². The van der Waals surface area contributed by atoms with Crippen molar-refractivity contribution in [2.24, 2.45) is 18.9 Å². The van der Waals surface area contributed by atoms with Crippen LogP contribution >= 0.6 is 0 Å². The smallest absolute Gasteiger partial charge is 0.267 e. The maximum atomic E-state index is 13.4. The second-order valence-corrected chi connectivity index (χ2v) is 11.7. The molecule has 2 aliphatic carbocycles. The van der Waals surface area contributed by atoms with Gasteiger partial charge in [-0.1, -0.05) is 19.1 Å². The molecule has 1 N–H and O–H groups in total. The Morgan fingerprint density at radius 3 is 2.38 bits per heavy atom. The number of halogens is 1. The van der Waals surface area contributed by atoms with Crippen molar-refractivity contribution in [2.75, 3.05) is 13.1 Å². The van der Waals surface area contributed by atoms with E-state index in [-0.39, 0.29) is 11.4 Å². The van der Waals surface area contributed by atoms with Gasteiger partial charge in [0, 0.05) is 25.7 Å². The summed E-state index contributed by atoms with van der Waals surface area (Å²) in [5.74, 6) is 0.352. The van der Waals surface area contributed by atoms with Gasteiger partial charge < -0.3 is 0 Å². The Kier molecular flexibility index (Phi) is 4.99. The lowest BCUT2D eigenvalue weighted by Crippen LogP contribution is -2.52. The van der Waals surface area contributed by atoms with Crippen LogP contribution in [0.3, 0.4) is 0 Å². The van der Waals surface area contributed by atoms with Crippen LogP contribution in [-0.2, 0) is 30.1 Å². The van der Waals surface area contributed by atoms with Gasteiger partial charge in [0.25, 0.3) is 10.2 Å². The zero-order valence-corrected chi connectivity index (χ0v) is 20.3. The first kappa shape index (κ1) is 21.9. The predicted octanol–water partition coefficient (Wildman–Crippen LogP) is 3.93. The molecule has 0 amide bonds. The zero-order chi connectivity index (χ0) is 23.7. The molecular weight excluding hydrogens is 451 g/mol. The summed E-state index contributed by atoms with van der Waals surface area (Å²) in [6.07, 6.45) is 3.88. The monoisotopic (exact) mass is 480 g/mol. The Bertz CT molecular complexity index is 1370. The van der Waals surface area contributed by atoms with Crippen LogP contribution in [0.4, 0.5) is 4.39 Å². The van der Waals surface area contributed by atoms with Crippen LogP contribution in [0.2, 0.25) is 0 Å². The highest BCUT2D eigenvalue weighted by atomic mass is 32.2. The second-order valence-electron chi connectivity index (χ2n) is 9.98. The van der Waals surface area contributed by atoms with Gasteiger partial charge in [-0.3, -0.25) is 4.68 Å². The highest BCUT2D eigenvalue weighted by molar-refractivity contribution is 7.87. The predicted molar refractivity (Wildman–Crippen MR) is 130 cm³/mol. The summed E-state index contributed by atoms with van der Waals surface area (Å²) in [6.45, 7) is 2.98. The van der Waals surface area contributed by atoms with Crippen molar-refractivity contribution < 1.29 is 12.8 Å². The Balaban J connectivity index is 1.34. The van der Waals surface area contributed by atoms with Crippen LogP contribution in [0.1, 0.15) is 30.9 Å². The number of benzene rings is 2. The van der Waals surface area contributed by atoms with E-state index in [9.17, 15) is 12.8 Å². The number of aryl methyl sites for hydroxylation is 1. The summed E-state index contributed by atoms with van der Waals surface area (Å²) in [5.41, 5.74) is 6.04. The van der Waals surface area contributed by atoms with E-state index < -0.39 is 10.2 Å². The summed E-state index contributed by atoms with van der Waals surface area (Å²) < 4.78 is 45.4. The quantitative estimate of drug-likeness (QED) is 0.618. The van der Waals surface area contributed by atoms with E-state index in [4.69, 9.17) is 5.10 Å². The van der Waals surface area contributed by atoms with Crippen LogP contribution < -0.4 is 4.72 Å². The fraction of sp³-hybridized carbons (Fsp3) is 0.423. The molecule has 1 saturated carbocycles. The minimum absolute atomic E-state index is 0.254. The molecule has 178 valence electrons. The molecule has 34 heavy (non-hydrogen) atoms. The second kappa shape index (κ2) is 7.73. The fourth-order valence-electron chi connectivity index (χ4n) is 6.44. The normalized spacial score (nSPS) is 27.7. The Hall–Kier alpha value is -2.55. The first-order chi connectivity index (χ1) is 16.3. The number of nitrogens with zero attached hydrogens (tertiary/aromatic N) is 3. The number of hydrogen-bond acceptors (Lipinski definition) is 3. The molecule has 0 radical (unpaired) electrons. The molecule has 1 aromatic heterocycles. The molecule has 3 aromatic rings. The largest absolute Gasteiger partial charge is 0.280 e. The molecule has 3 atom stereocenters. The Morgan fingerprint density at radius 1 is 1.03 bits per heavy atom. The summed E-state index contributed by atoms with van der Waals surface area (Å²) in [5, 5.41) is 4.74. The maximum absolute atomic E-state index is 13.4. The molecule has 1 saturated heterocycles. The molecule has 2 heterocycles. The van der Waals surface area contributed by atoms with Gasteiger partial charge >= 0.3 is 0 Å². The molecule has 3 unspecified atom stereocenters. The number of fused-ring (bicyclic) bond motifs is 1. The van der Waals surface area contributed by atoms with Crippen LogP contribution in [-0.4, -0.2) is 41.1 Å². The third-order valence-electron chi connectivity index (χ3n) is 8.22. The lowest BCUT2D eigenvalue weighted by atomic mass is 9.79. The first-order valence-corrected chi connectivity index (χ1v) is 13.4. The molecule has 6 nitrogen and oxygen atoms in total. The molecule has 3 aliphatic rings. The third kappa shape index (κ3) is 3.34. The van der Waals surface area contributed by atoms with Crippen LogP contribution in [0.5, 0.6) is 0 Å². The average Bonchev–Trinajstić information content (AvgIpc) is 3.39. The van der Waals surface area contributed by atoms with Gasteiger partial charge in [0.2, 0.25) is 0 Å². The summed E-state index contributed by atoms with van der Waals surface area (Å²) in [4.78, 5) is 0. The van der Waals surface area contributed by atoms with Gasteiger partial charge in [-0.15, -0.1) is 0 Å². The fourth-order valence-corrected chi connectivity index (χ4v) is 8.17. The molecule has 2 fully saturated rings. The van der Waals surface area contributed by atoms with E-state index in [0.717, 1.165) is 48.2 Å². The van der Waals surface area contributed by atoms with E-state index in [1.165, 1.54) is 23.3 Å². The topological polar surface area (TPSA) is 67.2 Å². The zero-order valence-electron chi connectivity index (χ0n) is 19.5. The molecule has 8 heteroatoms.